The van der Waals surface area contributed by atoms with Gasteiger partial charge in [-0.3, -0.25) is 9.78 Å². The summed E-state index contributed by atoms with van der Waals surface area (Å²) in [5.74, 6) is -0.189. The summed E-state index contributed by atoms with van der Waals surface area (Å²) in [5, 5.41) is 6.77. The molecule has 0 aliphatic carbocycles. The van der Waals surface area contributed by atoms with Crippen molar-refractivity contribution in [2.75, 3.05) is 11.9 Å². The fourth-order valence-electron chi connectivity index (χ4n) is 2.42. The molecule has 0 fully saturated rings. The van der Waals surface area contributed by atoms with Crippen LogP contribution in [0.25, 0.3) is 0 Å². The molecule has 1 heterocycles. The minimum absolute atomic E-state index is 0.189. The third kappa shape index (κ3) is 5.06. The number of benzene rings is 2. The van der Waals surface area contributed by atoms with Gasteiger partial charge in [0.2, 0.25) is 0 Å². The standard InChI is InChI=1S/C20H18ClN3O/c21-16-7-4-8-17(13-16)24-18-10-12-22-19(14-18)20(25)23-11-9-15-5-2-1-3-6-15/h1-8,10,12-14H,9,11H2,(H,22,24)(H,23,25). The molecule has 0 aliphatic heterocycles. The van der Waals surface area contributed by atoms with Gasteiger partial charge in [0, 0.05) is 29.1 Å². The molecule has 1 aromatic heterocycles. The normalized spacial score (nSPS) is 10.3. The van der Waals surface area contributed by atoms with E-state index in [1.54, 1.807) is 12.3 Å². The molecule has 3 rings (SSSR count). The van der Waals surface area contributed by atoms with E-state index in [1.165, 1.54) is 5.56 Å². The predicted molar refractivity (Wildman–Crippen MR) is 101 cm³/mol. The van der Waals surface area contributed by atoms with Crippen LogP contribution in [0.5, 0.6) is 0 Å². The number of carbonyl (C=O) groups excluding carboxylic acids is 1. The minimum Gasteiger partial charge on any atom is -0.355 e. The smallest absolute Gasteiger partial charge is 0.269 e. The summed E-state index contributed by atoms with van der Waals surface area (Å²) in [7, 11) is 0. The molecule has 2 N–H and O–H groups in total. The highest BCUT2D eigenvalue weighted by atomic mass is 35.5. The molecule has 0 saturated heterocycles. The SMILES string of the molecule is O=C(NCCc1ccccc1)c1cc(Nc2cccc(Cl)c2)ccn1. The lowest BCUT2D eigenvalue weighted by molar-refractivity contribution is 0.0949. The summed E-state index contributed by atoms with van der Waals surface area (Å²) in [4.78, 5) is 16.4. The molecule has 25 heavy (non-hydrogen) atoms. The van der Waals surface area contributed by atoms with Crippen LogP contribution in [0.3, 0.4) is 0 Å². The lowest BCUT2D eigenvalue weighted by Gasteiger charge is -2.09. The highest BCUT2D eigenvalue weighted by Gasteiger charge is 2.08. The van der Waals surface area contributed by atoms with Crippen molar-refractivity contribution >= 4 is 28.9 Å². The van der Waals surface area contributed by atoms with Crippen molar-refractivity contribution < 1.29 is 4.79 Å². The van der Waals surface area contributed by atoms with Crippen LogP contribution in [0.2, 0.25) is 5.02 Å². The molecule has 0 bridgehead atoms. The second kappa shape index (κ2) is 8.31. The number of pyridine rings is 1. The van der Waals surface area contributed by atoms with Gasteiger partial charge in [-0.15, -0.1) is 0 Å². The first kappa shape index (κ1) is 17.0. The van der Waals surface area contributed by atoms with Crippen molar-refractivity contribution in [1.82, 2.24) is 10.3 Å². The Kier molecular flexibility index (Phi) is 5.65. The van der Waals surface area contributed by atoms with Crippen LogP contribution in [-0.2, 0) is 6.42 Å². The zero-order valence-electron chi connectivity index (χ0n) is 13.6. The third-order valence-electron chi connectivity index (χ3n) is 3.65. The Morgan fingerprint density at radius 2 is 1.76 bits per heavy atom. The Hall–Kier alpha value is -2.85. The number of rotatable bonds is 6. The molecule has 0 unspecified atom stereocenters. The lowest BCUT2D eigenvalue weighted by atomic mass is 10.1. The summed E-state index contributed by atoms with van der Waals surface area (Å²) in [6.45, 7) is 0.566. The fourth-order valence-corrected chi connectivity index (χ4v) is 2.61. The molecule has 4 nitrogen and oxygen atoms in total. The van der Waals surface area contributed by atoms with E-state index in [0.29, 0.717) is 17.3 Å². The van der Waals surface area contributed by atoms with Crippen LogP contribution < -0.4 is 10.6 Å². The van der Waals surface area contributed by atoms with Gasteiger partial charge in [-0.2, -0.15) is 0 Å². The molecule has 5 heteroatoms. The molecule has 0 aliphatic rings. The van der Waals surface area contributed by atoms with Crippen LogP contribution in [0.1, 0.15) is 16.1 Å². The zero-order chi connectivity index (χ0) is 17.5. The topological polar surface area (TPSA) is 54.0 Å². The van der Waals surface area contributed by atoms with Crippen molar-refractivity contribution in [1.29, 1.82) is 0 Å². The molecular weight excluding hydrogens is 334 g/mol. The van der Waals surface area contributed by atoms with Crippen LogP contribution in [0, 0.1) is 0 Å². The Morgan fingerprint density at radius 1 is 0.960 bits per heavy atom. The van der Waals surface area contributed by atoms with Crippen molar-refractivity contribution in [2.24, 2.45) is 0 Å². The molecule has 2 aromatic carbocycles. The quantitative estimate of drug-likeness (QED) is 0.689. The Bertz CT molecular complexity index is 852. The van der Waals surface area contributed by atoms with Gasteiger partial charge in [-0.25, -0.2) is 0 Å². The Balaban J connectivity index is 1.59. The van der Waals surface area contributed by atoms with Gasteiger partial charge >= 0.3 is 0 Å². The first-order chi connectivity index (χ1) is 12.2. The van der Waals surface area contributed by atoms with Crippen molar-refractivity contribution in [2.45, 2.75) is 6.42 Å². The van der Waals surface area contributed by atoms with E-state index in [2.05, 4.69) is 15.6 Å². The number of nitrogens with one attached hydrogen (secondary N) is 2. The number of nitrogens with zero attached hydrogens (tertiary/aromatic N) is 1. The van der Waals surface area contributed by atoms with Gasteiger partial charge in [0.1, 0.15) is 5.69 Å². The first-order valence-corrected chi connectivity index (χ1v) is 8.39. The number of amides is 1. The molecule has 1 amide bonds. The van der Waals surface area contributed by atoms with E-state index >= 15 is 0 Å². The van der Waals surface area contributed by atoms with Gasteiger partial charge in [0.15, 0.2) is 0 Å². The summed E-state index contributed by atoms with van der Waals surface area (Å²) in [5.41, 5.74) is 3.20. The monoisotopic (exact) mass is 351 g/mol. The highest BCUT2D eigenvalue weighted by Crippen LogP contribution is 2.20. The van der Waals surface area contributed by atoms with Gasteiger partial charge < -0.3 is 10.6 Å². The van der Waals surface area contributed by atoms with Gasteiger partial charge in [0.05, 0.1) is 0 Å². The summed E-state index contributed by atoms with van der Waals surface area (Å²) in [6.07, 6.45) is 2.39. The van der Waals surface area contributed by atoms with Gasteiger partial charge in [0.25, 0.3) is 5.91 Å². The van der Waals surface area contributed by atoms with E-state index in [-0.39, 0.29) is 5.91 Å². The minimum atomic E-state index is -0.189. The Labute approximate surface area is 151 Å². The highest BCUT2D eigenvalue weighted by molar-refractivity contribution is 6.30. The molecule has 0 saturated carbocycles. The number of halogens is 1. The first-order valence-electron chi connectivity index (χ1n) is 8.01. The zero-order valence-corrected chi connectivity index (χ0v) is 14.3. The van der Waals surface area contributed by atoms with E-state index in [1.807, 2.05) is 60.7 Å². The van der Waals surface area contributed by atoms with Crippen molar-refractivity contribution in [3.63, 3.8) is 0 Å². The molecule has 0 atom stereocenters. The van der Waals surface area contributed by atoms with E-state index < -0.39 is 0 Å². The van der Waals surface area contributed by atoms with E-state index in [0.717, 1.165) is 17.8 Å². The molecule has 0 spiro atoms. The van der Waals surface area contributed by atoms with Crippen LogP contribution >= 0.6 is 11.6 Å². The molecular formula is C20H18ClN3O. The number of hydrogen-bond donors (Lipinski definition) is 2. The third-order valence-corrected chi connectivity index (χ3v) is 3.88. The maximum absolute atomic E-state index is 12.3. The summed E-state index contributed by atoms with van der Waals surface area (Å²) in [6, 6.07) is 21.0. The van der Waals surface area contributed by atoms with Crippen molar-refractivity contribution in [3.8, 4) is 0 Å². The van der Waals surface area contributed by atoms with Gasteiger partial charge in [-0.05, 0) is 42.3 Å². The van der Waals surface area contributed by atoms with Crippen molar-refractivity contribution in [3.05, 3.63) is 89.2 Å². The van der Waals surface area contributed by atoms with Crippen LogP contribution in [-0.4, -0.2) is 17.4 Å². The average molecular weight is 352 g/mol. The van der Waals surface area contributed by atoms with Gasteiger partial charge in [-0.1, -0.05) is 48.0 Å². The van der Waals surface area contributed by atoms with E-state index in [9.17, 15) is 4.79 Å². The maximum atomic E-state index is 12.3. The lowest BCUT2D eigenvalue weighted by Crippen LogP contribution is -2.26. The molecule has 126 valence electrons. The number of anilines is 2. The second-order valence-corrected chi connectivity index (χ2v) is 5.99. The molecule has 3 aromatic rings. The summed E-state index contributed by atoms with van der Waals surface area (Å²) >= 11 is 5.98. The number of carbonyl (C=O) groups is 1. The van der Waals surface area contributed by atoms with Crippen LogP contribution in [0.15, 0.2) is 72.9 Å². The maximum Gasteiger partial charge on any atom is 0.269 e. The van der Waals surface area contributed by atoms with E-state index in [4.69, 9.17) is 11.6 Å². The van der Waals surface area contributed by atoms with Crippen LogP contribution in [0.4, 0.5) is 11.4 Å². The molecule has 0 radical (unpaired) electrons. The predicted octanol–water partition coefficient (Wildman–Crippen LogP) is 4.45. The number of aromatic nitrogens is 1. The fraction of sp³-hybridized carbons (Fsp3) is 0.100. The second-order valence-electron chi connectivity index (χ2n) is 5.56. The largest absolute Gasteiger partial charge is 0.355 e. The summed E-state index contributed by atoms with van der Waals surface area (Å²) < 4.78 is 0. The average Bonchev–Trinajstić information content (AvgIpc) is 2.63. The number of hydrogen-bond acceptors (Lipinski definition) is 3. The Morgan fingerprint density at radius 3 is 2.56 bits per heavy atom.